The van der Waals surface area contributed by atoms with Gasteiger partial charge in [-0.25, -0.2) is 0 Å². The fourth-order valence-corrected chi connectivity index (χ4v) is 4.33. The number of hydrogen-bond acceptors (Lipinski definition) is 2. The Kier molecular flexibility index (Phi) is 1.52. The fraction of sp³-hybridized carbons (Fsp3) is 0.200. The van der Waals surface area contributed by atoms with Crippen molar-refractivity contribution in [3.63, 3.8) is 0 Å². The van der Waals surface area contributed by atoms with E-state index in [1.165, 1.54) is 9.81 Å². The van der Waals surface area contributed by atoms with E-state index in [2.05, 4.69) is 24.3 Å². The summed E-state index contributed by atoms with van der Waals surface area (Å²) in [4.78, 5) is 2.98. The van der Waals surface area contributed by atoms with E-state index in [1.807, 2.05) is 21.6 Å². The van der Waals surface area contributed by atoms with Gasteiger partial charge in [0.1, 0.15) is 0 Å². The Morgan fingerprint density at radius 3 is 1.83 bits per heavy atom. The van der Waals surface area contributed by atoms with E-state index in [1.54, 1.807) is 11.1 Å². The van der Waals surface area contributed by atoms with Crippen LogP contribution in [0.15, 0.2) is 45.3 Å². The van der Waals surface area contributed by atoms with Crippen LogP contribution in [0.4, 0.5) is 0 Å². The zero-order chi connectivity index (χ0) is 7.97. The molecule has 1 aliphatic heterocycles. The molecule has 12 heavy (non-hydrogen) atoms. The van der Waals surface area contributed by atoms with Crippen molar-refractivity contribution >= 4 is 21.6 Å². The van der Waals surface area contributed by atoms with Gasteiger partial charge in [-0.3, -0.25) is 0 Å². The SMILES string of the molecule is C1=CC2=C(C1)C1=C(C=CC1)SS2. The molecule has 0 radical (unpaired) electrons. The molecule has 3 rings (SSSR count). The molecule has 0 bridgehead atoms. The maximum absolute atomic E-state index is 2.27. The van der Waals surface area contributed by atoms with Crippen molar-refractivity contribution < 1.29 is 0 Å². The summed E-state index contributed by atoms with van der Waals surface area (Å²) in [6.45, 7) is 0. The Morgan fingerprint density at radius 1 is 0.833 bits per heavy atom. The van der Waals surface area contributed by atoms with Gasteiger partial charge in [0.2, 0.25) is 0 Å². The van der Waals surface area contributed by atoms with E-state index in [0.29, 0.717) is 0 Å². The summed E-state index contributed by atoms with van der Waals surface area (Å²) in [6.07, 6.45) is 11.4. The highest BCUT2D eigenvalue weighted by atomic mass is 33.1. The van der Waals surface area contributed by atoms with Crippen molar-refractivity contribution in [2.24, 2.45) is 0 Å². The highest BCUT2D eigenvalue weighted by Gasteiger charge is 2.23. The Balaban J connectivity index is 2.10. The maximum atomic E-state index is 2.27. The van der Waals surface area contributed by atoms with Crippen molar-refractivity contribution in [3.8, 4) is 0 Å². The molecule has 0 aromatic rings. The Labute approximate surface area is 79.9 Å². The van der Waals surface area contributed by atoms with E-state index in [9.17, 15) is 0 Å². The first kappa shape index (κ1) is 7.10. The molecule has 2 heteroatoms. The third kappa shape index (κ3) is 0.882. The Bertz CT molecular complexity index is 320. The van der Waals surface area contributed by atoms with Crippen LogP contribution in [0.5, 0.6) is 0 Å². The minimum atomic E-state index is 1.16. The molecule has 3 aliphatic rings. The molecule has 0 aromatic heterocycles. The largest absolute Gasteiger partial charge is 0.0789 e. The zero-order valence-electron chi connectivity index (χ0n) is 6.54. The summed E-state index contributed by atoms with van der Waals surface area (Å²) in [7, 11) is 3.82. The minimum Gasteiger partial charge on any atom is -0.0789 e. The zero-order valence-corrected chi connectivity index (χ0v) is 8.17. The van der Waals surface area contributed by atoms with Crippen LogP contribution < -0.4 is 0 Å². The van der Waals surface area contributed by atoms with Gasteiger partial charge in [-0.2, -0.15) is 0 Å². The summed E-state index contributed by atoms with van der Waals surface area (Å²) >= 11 is 0. The first-order valence-corrected chi connectivity index (χ1v) is 6.24. The fourth-order valence-electron chi connectivity index (χ4n) is 1.76. The predicted octanol–water partition coefficient (Wildman–Crippen LogP) is 3.81. The van der Waals surface area contributed by atoms with Crippen LogP contribution in [0.2, 0.25) is 0 Å². The molecular formula is C10H8S2. The average molecular weight is 192 g/mol. The third-order valence-electron chi connectivity index (χ3n) is 2.36. The lowest BCUT2D eigenvalue weighted by molar-refractivity contribution is 1.17. The number of fused-ring (bicyclic) bond motifs is 1. The Morgan fingerprint density at radius 2 is 1.33 bits per heavy atom. The van der Waals surface area contributed by atoms with Gasteiger partial charge in [0.05, 0.1) is 0 Å². The van der Waals surface area contributed by atoms with Gasteiger partial charge in [0.25, 0.3) is 0 Å². The summed E-state index contributed by atoms with van der Waals surface area (Å²) in [5.74, 6) is 0. The van der Waals surface area contributed by atoms with Crippen molar-refractivity contribution in [2.75, 3.05) is 0 Å². The van der Waals surface area contributed by atoms with Crippen LogP contribution in [-0.2, 0) is 0 Å². The molecule has 0 amide bonds. The molecule has 0 nitrogen and oxygen atoms in total. The summed E-state index contributed by atoms with van der Waals surface area (Å²) < 4.78 is 0. The average Bonchev–Trinajstić information content (AvgIpc) is 2.71. The van der Waals surface area contributed by atoms with Crippen molar-refractivity contribution in [1.82, 2.24) is 0 Å². The second-order valence-electron chi connectivity index (χ2n) is 3.07. The van der Waals surface area contributed by atoms with Crippen molar-refractivity contribution in [1.29, 1.82) is 0 Å². The molecule has 0 saturated carbocycles. The smallest absolute Gasteiger partial charge is 0.0221 e. The molecule has 60 valence electrons. The van der Waals surface area contributed by atoms with Crippen LogP contribution in [0.1, 0.15) is 12.8 Å². The molecule has 0 atom stereocenters. The molecule has 1 heterocycles. The van der Waals surface area contributed by atoms with Crippen LogP contribution >= 0.6 is 21.6 Å². The van der Waals surface area contributed by atoms with E-state index in [0.717, 1.165) is 12.8 Å². The lowest BCUT2D eigenvalue weighted by Crippen LogP contribution is -1.91. The van der Waals surface area contributed by atoms with Crippen LogP contribution in [0.3, 0.4) is 0 Å². The molecule has 0 N–H and O–H groups in total. The summed E-state index contributed by atoms with van der Waals surface area (Å²) in [5.41, 5.74) is 3.16. The lowest BCUT2D eigenvalue weighted by atomic mass is 10.0. The van der Waals surface area contributed by atoms with E-state index in [4.69, 9.17) is 0 Å². The summed E-state index contributed by atoms with van der Waals surface area (Å²) in [6, 6.07) is 0. The maximum Gasteiger partial charge on any atom is 0.0221 e. The van der Waals surface area contributed by atoms with Gasteiger partial charge < -0.3 is 0 Å². The molecule has 0 fully saturated rings. The van der Waals surface area contributed by atoms with Gasteiger partial charge in [-0.1, -0.05) is 45.9 Å². The Hall–Kier alpha value is -0.340. The van der Waals surface area contributed by atoms with Gasteiger partial charge >= 0.3 is 0 Å². The van der Waals surface area contributed by atoms with Crippen molar-refractivity contribution in [3.05, 3.63) is 45.3 Å². The van der Waals surface area contributed by atoms with E-state index in [-0.39, 0.29) is 0 Å². The molecular weight excluding hydrogens is 184 g/mol. The van der Waals surface area contributed by atoms with Crippen LogP contribution in [0.25, 0.3) is 0 Å². The normalized spacial score (nSPS) is 25.3. The number of allylic oxidation sites excluding steroid dienone is 6. The van der Waals surface area contributed by atoms with E-state index < -0.39 is 0 Å². The second-order valence-corrected chi connectivity index (χ2v) is 5.28. The molecule has 0 unspecified atom stereocenters. The molecule has 0 spiro atoms. The van der Waals surface area contributed by atoms with Gasteiger partial charge in [-0.05, 0) is 24.0 Å². The standard InChI is InChI=1S/C10H8S2/c1-3-7-8-4-2-6-10(8)12-11-9(7)5-1/h1-2,5-6H,3-4H2. The second kappa shape index (κ2) is 2.57. The minimum absolute atomic E-state index is 1.16. The number of hydrogen-bond donors (Lipinski definition) is 0. The highest BCUT2D eigenvalue weighted by molar-refractivity contribution is 8.79. The topological polar surface area (TPSA) is 0 Å². The summed E-state index contributed by atoms with van der Waals surface area (Å²) in [5, 5.41) is 0. The first-order valence-electron chi connectivity index (χ1n) is 4.09. The van der Waals surface area contributed by atoms with Gasteiger partial charge in [-0.15, -0.1) is 0 Å². The lowest BCUT2D eigenvalue weighted by Gasteiger charge is -2.15. The molecule has 0 saturated heterocycles. The monoisotopic (exact) mass is 192 g/mol. The van der Waals surface area contributed by atoms with Crippen molar-refractivity contribution in [2.45, 2.75) is 12.8 Å². The van der Waals surface area contributed by atoms with E-state index >= 15 is 0 Å². The predicted molar refractivity (Wildman–Crippen MR) is 56.7 cm³/mol. The van der Waals surface area contributed by atoms with Crippen LogP contribution in [0, 0.1) is 0 Å². The quantitative estimate of drug-likeness (QED) is 0.535. The highest BCUT2D eigenvalue weighted by Crippen LogP contribution is 2.52. The first-order chi connectivity index (χ1) is 5.95. The molecule has 2 aliphatic carbocycles. The third-order valence-corrected chi connectivity index (χ3v) is 4.90. The van der Waals surface area contributed by atoms with Crippen LogP contribution in [-0.4, -0.2) is 0 Å². The van der Waals surface area contributed by atoms with Gasteiger partial charge in [0.15, 0.2) is 0 Å². The number of rotatable bonds is 0. The van der Waals surface area contributed by atoms with Gasteiger partial charge in [0, 0.05) is 9.81 Å². The molecule has 0 aromatic carbocycles.